The first-order valence-corrected chi connectivity index (χ1v) is 7.04. The average Bonchev–Trinajstić information content (AvgIpc) is 2.44. The molecule has 0 aliphatic carbocycles. The molecule has 0 saturated heterocycles. The van der Waals surface area contributed by atoms with Crippen LogP contribution >= 0.6 is 0 Å². The first kappa shape index (κ1) is 16.9. The van der Waals surface area contributed by atoms with Gasteiger partial charge in [0.05, 0.1) is 6.42 Å². The first-order chi connectivity index (χ1) is 9.97. The summed E-state index contributed by atoms with van der Waals surface area (Å²) in [6.45, 7) is 4.81. The predicted molar refractivity (Wildman–Crippen MR) is 78.9 cm³/mol. The number of urea groups is 1. The van der Waals surface area contributed by atoms with Crippen LogP contribution in [-0.4, -0.2) is 18.5 Å². The molecule has 5 nitrogen and oxygen atoms in total. The van der Waals surface area contributed by atoms with Crippen LogP contribution < -0.4 is 16.2 Å². The highest BCUT2D eigenvalue weighted by molar-refractivity contribution is 5.82. The van der Waals surface area contributed by atoms with Crippen LogP contribution in [0.25, 0.3) is 0 Å². The van der Waals surface area contributed by atoms with Crippen LogP contribution in [-0.2, 0) is 11.2 Å². The van der Waals surface area contributed by atoms with E-state index in [1.165, 1.54) is 24.3 Å². The van der Waals surface area contributed by atoms with E-state index in [1.54, 1.807) is 0 Å². The van der Waals surface area contributed by atoms with Crippen molar-refractivity contribution in [2.45, 2.75) is 33.1 Å². The second kappa shape index (κ2) is 8.94. The van der Waals surface area contributed by atoms with Gasteiger partial charge in [-0.15, -0.1) is 0 Å². The molecule has 3 amide bonds. The maximum atomic E-state index is 12.7. The normalized spacial score (nSPS) is 10.3. The standard InChI is InChI=1S/C15H22FN3O2/c1-11(2)4-3-9-17-15(21)19-18-14(20)10-12-5-7-13(16)8-6-12/h5-8,11H,3-4,9-10H2,1-2H3,(H,18,20)(H2,17,19,21). The molecule has 0 saturated carbocycles. The van der Waals surface area contributed by atoms with Gasteiger partial charge < -0.3 is 5.32 Å². The number of hydrogen-bond acceptors (Lipinski definition) is 2. The highest BCUT2D eigenvalue weighted by atomic mass is 19.1. The molecule has 116 valence electrons. The predicted octanol–water partition coefficient (Wildman–Crippen LogP) is 2.13. The summed E-state index contributed by atoms with van der Waals surface area (Å²) < 4.78 is 12.7. The Morgan fingerprint density at radius 2 is 1.81 bits per heavy atom. The molecule has 0 heterocycles. The summed E-state index contributed by atoms with van der Waals surface area (Å²) in [6, 6.07) is 5.20. The van der Waals surface area contributed by atoms with Gasteiger partial charge in [-0.3, -0.25) is 10.2 Å². The number of carbonyl (C=O) groups excluding carboxylic acids is 2. The molecule has 0 bridgehead atoms. The maximum absolute atomic E-state index is 12.7. The largest absolute Gasteiger partial charge is 0.337 e. The van der Waals surface area contributed by atoms with Gasteiger partial charge in [-0.2, -0.15) is 0 Å². The molecule has 0 unspecified atom stereocenters. The lowest BCUT2D eigenvalue weighted by atomic mass is 10.1. The van der Waals surface area contributed by atoms with Gasteiger partial charge in [0.25, 0.3) is 0 Å². The van der Waals surface area contributed by atoms with Gasteiger partial charge in [-0.05, 0) is 36.5 Å². The number of hydrazine groups is 1. The van der Waals surface area contributed by atoms with Crippen molar-refractivity contribution in [1.82, 2.24) is 16.2 Å². The van der Waals surface area contributed by atoms with Crippen molar-refractivity contribution in [2.75, 3.05) is 6.54 Å². The van der Waals surface area contributed by atoms with Gasteiger partial charge in [-0.25, -0.2) is 14.6 Å². The lowest BCUT2D eigenvalue weighted by Gasteiger charge is -2.09. The summed E-state index contributed by atoms with van der Waals surface area (Å²) in [6.07, 6.45) is 2.01. The van der Waals surface area contributed by atoms with E-state index in [1.807, 2.05) is 0 Å². The van der Waals surface area contributed by atoms with Crippen LogP contribution in [0.3, 0.4) is 0 Å². The number of nitrogens with one attached hydrogen (secondary N) is 3. The second-order valence-electron chi connectivity index (χ2n) is 5.27. The Balaban J connectivity index is 2.17. The molecular weight excluding hydrogens is 273 g/mol. The smallest absolute Gasteiger partial charge is 0.333 e. The van der Waals surface area contributed by atoms with E-state index in [2.05, 4.69) is 30.0 Å². The van der Waals surface area contributed by atoms with Gasteiger partial charge >= 0.3 is 6.03 Å². The third-order valence-corrected chi connectivity index (χ3v) is 2.84. The van der Waals surface area contributed by atoms with E-state index < -0.39 is 6.03 Å². The van der Waals surface area contributed by atoms with E-state index in [4.69, 9.17) is 0 Å². The molecule has 0 aliphatic rings. The summed E-state index contributed by atoms with van der Waals surface area (Å²) in [7, 11) is 0. The summed E-state index contributed by atoms with van der Waals surface area (Å²) >= 11 is 0. The van der Waals surface area contributed by atoms with Crippen molar-refractivity contribution in [2.24, 2.45) is 5.92 Å². The Hall–Kier alpha value is -2.11. The lowest BCUT2D eigenvalue weighted by molar-refractivity contribution is -0.121. The van der Waals surface area contributed by atoms with E-state index in [0.29, 0.717) is 18.0 Å². The maximum Gasteiger partial charge on any atom is 0.333 e. The average molecular weight is 295 g/mol. The Labute approximate surface area is 124 Å². The Bertz CT molecular complexity index is 460. The molecule has 6 heteroatoms. The van der Waals surface area contributed by atoms with Gasteiger partial charge in [0.2, 0.25) is 5.91 Å². The molecule has 0 radical (unpaired) electrons. The SMILES string of the molecule is CC(C)CCCNC(=O)NNC(=O)Cc1ccc(F)cc1. The number of amides is 3. The third kappa shape index (κ3) is 7.91. The minimum atomic E-state index is -0.439. The molecule has 0 fully saturated rings. The molecule has 0 aliphatic heterocycles. The van der Waals surface area contributed by atoms with Crippen molar-refractivity contribution in [3.05, 3.63) is 35.6 Å². The topological polar surface area (TPSA) is 70.2 Å². The number of benzene rings is 1. The molecule has 1 aromatic rings. The molecule has 1 aromatic carbocycles. The fourth-order valence-electron chi connectivity index (χ4n) is 1.71. The van der Waals surface area contributed by atoms with Crippen molar-refractivity contribution < 1.29 is 14.0 Å². The van der Waals surface area contributed by atoms with E-state index in [-0.39, 0.29) is 18.1 Å². The zero-order valence-corrected chi connectivity index (χ0v) is 12.4. The Morgan fingerprint density at radius 3 is 2.43 bits per heavy atom. The summed E-state index contributed by atoms with van der Waals surface area (Å²) in [4.78, 5) is 23.0. The molecule has 21 heavy (non-hydrogen) atoms. The number of hydrogen-bond donors (Lipinski definition) is 3. The molecule has 0 spiro atoms. The molecule has 1 rings (SSSR count). The highest BCUT2D eigenvalue weighted by Crippen LogP contribution is 2.03. The van der Waals surface area contributed by atoms with Gasteiger partial charge in [0.1, 0.15) is 5.82 Å². The van der Waals surface area contributed by atoms with Crippen LogP contribution in [0.5, 0.6) is 0 Å². The third-order valence-electron chi connectivity index (χ3n) is 2.84. The molecule has 0 aromatic heterocycles. The van der Waals surface area contributed by atoms with Crippen LogP contribution in [0.2, 0.25) is 0 Å². The highest BCUT2D eigenvalue weighted by Gasteiger charge is 2.05. The van der Waals surface area contributed by atoms with Crippen molar-refractivity contribution in [1.29, 1.82) is 0 Å². The van der Waals surface area contributed by atoms with Gasteiger partial charge in [0, 0.05) is 6.54 Å². The van der Waals surface area contributed by atoms with Crippen LogP contribution in [0, 0.1) is 11.7 Å². The van der Waals surface area contributed by atoms with Gasteiger partial charge in [-0.1, -0.05) is 26.0 Å². The summed E-state index contributed by atoms with van der Waals surface area (Å²) in [5.74, 6) is -0.109. The fourth-order valence-corrected chi connectivity index (χ4v) is 1.71. The first-order valence-electron chi connectivity index (χ1n) is 7.04. The number of rotatable bonds is 6. The summed E-state index contributed by atoms with van der Waals surface area (Å²) in [5, 5.41) is 2.65. The zero-order valence-electron chi connectivity index (χ0n) is 12.4. The van der Waals surface area contributed by atoms with Crippen LogP contribution in [0.4, 0.5) is 9.18 Å². The van der Waals surface area contributed by atoms with E-state index in [0.717, 1.165) is 12.8 Å². The Kier molecular flexibility index (Phi) is 7.21. The summed E-state index contributed by atoms with van der Waals surface area (Å²) in [5.41, 5.74) is 5.25. The molecule has 3 N–H and O–H groups in total. The monoisotopic (exact) mass is 295 g/mol. The van der Waals surface area contributed by atoms with Gasteiger partial charge in [0.15, 0.2) is 0 Å². The van der Waals surface area contributed by atoms with Crippen LogP contribution in [0.15, 0.2) is 24.3 Å². The minimum Gasteiger partial charge on any atom is -0.337 e. The molecule has 0 atom stereocenters. The van der Waals surface area contributed by atoms with Crippen molar-refractivity contribution in [3.63, 3.8) is 0 Å². The quantitative estimate of drug-likeness (QED) is 0.556. The minimum absolute atomic E-state index is 0.0773. The zero-order chi connectivity index (χ0) is 15.7. The van der Waals surface area contributed by atoms with Crippen LogP contribution in [0.1, 0.15) is 32.3 Å². The number of carbonyl (C=O) groups is 2. The van der Waals surface area contributed by atoms with Crippen molar-refractivity contribution >= 4 is 11.9 Å². The lowest BCUT2D eigenvalue weighted by Crippen LogP contribution is -2.47. The fraction of sp³-hybridized carbons (Fsp3) is 0.467. The second-order valence-corrected chi connectivity index (χ2v) is 5.27. The Morgan fingerprint density at radius 1 is 1.14 bits per heavy atom. The van der Waals surface area contributed by atoms with E-state index in [9.17, 15) is 14.0 Å². The molecular formula is C15H22FN3O2. The van der Waals surface area contributed by atoms with E-state index >= 15 is 0 Å². The number of halogens is 1. The van der Waals surface area contributed by atoms with Crippen molar-refractivity contribution in [3.8, 4) is 0 Å².